The van der Waals surface area contributed by atoms with Gasteiger partial charge in [-0.05, 0) is 40.0 Å². The monoisotopic (exact) mass is 266 g/mol. The summed E-state index contributed by atoms with van der Waals surface area (Å²) in [6.45, 7) is 15.0. The van der Waals surface area contributed by atoms with E-state index in [1.54, 1.807) is 0 Å². The Balaban J connectivity index is 3.77. The van der Waals surface area contributed by atoms with E-state index in [2.05, 4.69) is 40.0 Å². The molecule has 5 heteroatoms. The van der Waals surface area contributed by atoms with Crippen molar-refractivity contribution >= 4 is 28.4 Å². The van der Waals surface area contributed by atoms with Crippen LogP contribution in [0.4, 0.5) is 0 Å². The highest BCUT2D eigenvalue weighted by Gasteiger charge is 2.26. The number of thioether (sulfide) groups is 1. The molecule has 0 aliphatic heterocycles. The molecular weight excluding hydrogens is 240 g/mol. The van der Waals surface area contributed by atoms with E-state index in [0.717, 1.165) is 13.2 Å². The highest BCUT2D eigenvalue weighted by Crippen LogP contribution is 2.18. The normalized spacial score (nSPS) is 13.2. The second-order valence-electron chi connectivity index (χ2n) is 4.88. The van der Waals surface area contributed by atoms with Gasteiger partial charge in [-0.25, -0.2) is 0 Å². The average molecular weight is 267 g/mol. The summed E-state index contributed by atoms with van der Waals surface area (Å²) in [5.74, 6) is 0. The molecule has 0 N–H and O–H groups in total. The van der Waals surface area contributed by atoms with Crippen LogP contribution in [0.15, 0.2) is 0 Å². The van der Waals surface area contributed by atoms with E-state index >= 15 is 0 Å². The van der Waals surface area contributed by atoms with E-state index in [4.69, 9.17) is 8.85 Å². The molecule has 0 aromatic rings. The summed E-state index contributed by atoms with van der Waals surface area (Å²) in [6, 6.07) is 0. The molecule has 0 unspecified atom stereocenters. The zero-order chi connectivity index (χ0) is 11.9. The Morgan fingerprint density at radius 2 is 1.13 bits per heavy atom. The van der Waals surface area contributed by atoms with E-state index < -0.39 is 16.6 Å². The van der Waals surface area contributed by atoms with E-state index in [9.17, 15) is 0 Å². The second kappa shape index (κ2) is 7.11. The van der Waals surface area contributed by atoms with E-state index in [1.165, 1.54) is 10.8 Å². The van der Waals surface area contributed by atoms with E-state index in [0.29, 0.717) is 0 Å². The lowest BCUT2D eigenvalue weighted by Gasteiger charge is -2.25. The van der Waals surface area contributed by atoms with Crippen molar-refractivity contribution in [2.45, 2.75) is 40.0 Å². The van der Waals surface area contributed by atoms with Gasteiger partial charge >= 0.3 is 0 Å². The first-order valence-electron chi connectivity index (χ1n) is 5.68. The third-order valence-electron chi connectivity index (χ3n) is 1.97. The standard InChI is InChI=1S/C10H26O2SSi2/c1-7-11-14(3,4)9-13-10-15(5,6)12-8-2/h7-10H2,1-6H3. The topological polar surface area (TPSA) is 18.5 Å². The molecule has 0 spiro atoms. The average Bonchev–Trinajstić information content (AvgIpc) is 2.02. The molecular formula is C10H26O2SSi2. The highest BCUT2D eigenvalue weighted by molar-refractivity contribution is 8.02. The van der Waals surface area contributed by atoms with Crippen molar-refractivity contribution in [2.24, 2.45) is 0 Å². The Labute approximate surface area is 101 Å². The van der Waals surface area contributed by atoms with Crippen LogP contribution in [0.25, 0.3) is 0 Å². The van der Waals surface area contributed by atoms with Crippen LogP contribution in [0.2, 0.25) is 26.2 Å². The van der Waals surface area contributed by atoms with Crippen LogP contribution in [0.5, 0.6) is 0 Å². The minimum Gasteiger partial charge on any atom is -0.417 e. The van der Waals surface area contributed by atoms with Crippen molar-refractivity contribution in [3.8, 4) is 0 Å². The largest absolute Gasteiger partial charge is 0.417 e. The molecule has 0 bridgehead atoms. The quantitative estimate of drug-likeness (QED) is 0.628. The molecule has 0 atom stereocenters. The van der Waals surface area contributed by atoms with E-state index in [-0.39, 0.29) is 0 Å². The fourth-order valence-electron chi connectivity index (χ4n) is 1.41. The number of rotatable bonds is 8. The van der Waals surface area contributed by atoms with Gasteiger partial charge in [-0.15, -0.1) is 0 Å². The first-order chi connectivity index (χ1) is 6.83. The van der Waals surface area contributed by atoms with Crippen LogP contribution in [-0.2, 0) is 8.85 Å². The van der Waals surface area contributed by atoms with Gasteiger partial charge in [-0.1, -0.05) is 0 Å². The molecule has 15 heavy (non-hydrogen) atoms. The number of hydrogen-bond donors (Lipinski definition) is 0. The van der Waals surface area contributed by atoms with Gasteiger partial charge in [0.15, 0.2) is 16.6 Å². The fourth-order valence-corrected chi connectivity index (χ4v) is 8.90. The maximum absolute atomic E-state index is 5.80. The maximum Gasteiger partial charge on any atom is 0.196 e. The molecule has 0 aliphatic carbocycles. The van der Waals surface area contributed by atoms with Gasteiger partial charge < -0.3 is 8.85 Å². The smallest absolute Gasteiger partial charge is 0.196 e. The fraction of sp³-hybridized carbons (Fsp3) is 1.00. The van der Waals surface area contributed by atoms with E-state index in [1.807, 2.05) is 11.8 Å². The van der Waals surface area contributed by atoms with Crippen molar-refractivity contribution in [2.75, 3.05) is 24.0 Å². The summed E-state index contributed by atoms with van der Waals surface area (Å²) >= 11 is 2.02. The van der Waals surface area contributed by atoms with Crippen molar-refractivity contribution in [1.82, 2.24) is 0 Å². The molecule has 0 saturated heterocycles. The predicted molar refractivity (Wildman–Crippen MR) is 75.5 cm³/mol. The van der Waals surface area contributed by atoms with Crippen molar-refractivity contribution in [3.63, 3.8) is 0 Å². The summed E-state index contributed by atoms with van der Waals surface area (Å²) < 4.78 is 11.6. The Morgan fingerprint density at radius 3 is 1.40 bits per heavy atom. The van der Waals surface area contributed by atoms with Gasteiger partial charge in [0.2, 0.25) is 0 Å². The van der Waals surface area contributed by atoms with Gasteiger partial charge in [-0.2, -0.15) is 11.8 Å². The molecule has 0 aromatic carbocycles. The predicted octanol–water partition coefficient (Wildman–Crippen LogP) is 3.28. The lowest BCUT2D eigenvalue weighted by Crippen LogP contribution is -2.38. The van der Waals surface area contributed by atoms with Crippen LogP contribution in [0.3, 0.4) is 0 Å². The van der Waals surface area contributed by atoms with Gasteiger partial charge in [0.1, 0.15) is 0 Å². The van der Waals surface area contributed by atoms with Crippen molar-refractivity contribution < 1.29 is 8.85 Å². The summed E-state index contributed by atoms with van der Waals surface area (Å²) in [7, 11) is -2.79. The summed E-state index contributed by atoms with van der Waals surface area (Å²) in [5, 5.41) is 2.37. The molecule has 0 fully saturated rings. The molecule has 0 saturated carbocycles. The number of hydrogen-bond acceptors (Lipinski definition) is 3. The first kappa shape index (κ1) is 15.7. The summed E-state index contributed by atoms with van der Waals surface area (Å²) in [5.41, 5.74) is 0. The van der Waals surface area contributed by atoms with Crippen LogP contribution < -0.4 is 0 Å². The second-order valence-corrected chi connectivity index (χ2v) is 15.2. The molecule has 0 aromatic heterocycles. The molecule has 0 rings (SSSR count). The van der Waals surface area contributed by atoms with Crippen LogP contribution in [0.1, 0.15) is 13.8 Å². The third-order valence-corrected chi connectivity index (χ3v) is 11.3. The van der Waals surface area contributed by atoms with Crippen LogP contribution in [0, 0.1) is 0 Å². The van der Waals surface area contributed by atoms with Crippen LogP contribution >= 0.6 is 11.8 Å². The SMILES string of the molecule is CCO[Si](C)(C)CSC[Si](C)(C)OCC. The lowest BCUT2D eigenvalue weighted by atomic mass is 10.9. The lowest BCUT2D eigenvalue weighted by molar-refractivity contribution is 0.333. The Kier molecular flexibility index (Phi) is 7.45. The highest BCUT2D eigenvalue weighted by atomic mass is 32.2. The Hall–Kier alpha value is 0.704. The third kappa shape index (κ3) is 8.50. The Bertz CT molecular complexity index is 157. The molecule has 0 radical (unpaired) electrons. The minimum atomic E-state index is -1.40. The van der Waals surface area contributed by atoms with Gasteiger partial charge in [0.05, 0.1) is 0 Å². The first-order valence-corrected chi connectivity index (χ1v) is 13.1. The van der Waals surface area contributed by atoms with Gasteiger partial charge in [0, 0.05) is 24.0 Å². The van der Waals surface area contributed by atoms with Gasteiger partial charge in [-0.3, -0.25) is 0 Å². The molecule has 0 heterocycles. The summed E-state index contributed by atoms with van der Waals surface area (Å²) in [6.07, 6.45) is 0. The molecule has 0 aliphatic rings. The van der Waals surface area contributed by atoms with Crippen LogP contribution in [-0.4, -0.2) is 40.6 Å². The molecule has 2 nitrogen and oxygen atoms in total. The Morgan fingerprint density at radius 1 is 0.800 bits per heavy atom. The summed E-state index contributed by atoms with van der Waals surface area (Å²) in [4.78, 5) is 0. The minimum absolute atomic E-state index is 0.853. The maximum atomic E-state index is 5.80. The zero-order valence-electron chi connectivity index (χ0n) is 11.1. The molecule has 92 valence electrons. The van der Waals surface area contributed by atoms with Gasteiger partial charge in [0.25, 0.3) is 0 Å². The molecule has 0 amide bonds. The van der Waals surface area contributed by atoms with Crippen molar-refractivity contribution in [1.29, 1.82) is 0 Å². The van der Waals surface area contributed by atoms with Crippen molar-refractivity contribution in [3.05, 3.63) is 0 Å². The zero-order valence-corrected chi connectivity index (χ0v) is 13.9.